The summed E-state index contributed by atoms with van der Waals surface area (Å²) in [6.45, 7) is 3.15. The van der Waals surface area contributed by atoms with Gasteiger partial charge in [-0.3, -0.25) is 0 Å². The van der Waals surface area contributed by atoms with Gasteiger partial charge in [-0.2, -0.15) is 0 Å². The molecule has 0 aliphatic heterocycles. The Kier molecular flexibility index (Phi) is 3.81. The smallest absolute Gasteiger partial charge is 0.208 e. The van der Waals surface area contributed by atoms with E-state index in [9.17, 15) is 5.11 Å². The number of oxazole rings is 1. The van der Waals surface area contributed by atoms with E-state index in [1.807, 2.05) is 19.1 Å². The summed E-state index contributed by atoms with van der Waals surface area (Å²) in [4.78, 5) is 4.10. The second-order valence-corrected chi connectivity index (χ2v) is 4.61. The minimum atomic E-state index is 0.247. The van der Waals surface area contributed by atoms with E-state index in [0.717, 1.165) is 11.3 Å². The molecule has 2 aromatic rings. The summed E-state index contributed by atoms with van der Waals surface area (Å²) in [5.41, 5.74) is 1.08. The van der Waals surface area contributed by atoms with Crippen LogP contribution in [0.5, 0.6) is 5.75 Å². The van der Waals surface area contributed by atoms with Gasteiger partial charge in [0.2, 0.25) is 5.89 Å². The van der Waals surface area contributed by atoms with Crippen LogP contribution >= 0.6 is 15.9 Å². The monoisotopic (exact) mass is 296 g/mol. The Balaban J connectivity index is 1.87. The van der Waals surface area contributed by atoms with Crippen molar-refractivity contribution in [3.8, 4) is 5.75 Å². The van der Waals surface area contributed by atoms with Gasteiger partial charge in [0.1, 0.15) is 11.5 Å². The highest BCUT2D eigenvalue weighted by molar-refractivity contribution is 9.10. The summed E-state index contributed by atoms with van der Waals surface area (Å²) in [5, 5.41) is 12.6. The molecule has 0 saturated carbocycles. The Bertz CT molecular complexity index is 511. The molecule has 0 aliphatic carbocycles. The van der Waals surface area contributed by atoms with Gasteiger partial charge in [0.25, 0.3) is 0 Å². The van der Waals surface area contributed by atoms with Crippen molar-refractivity contribution in [1.29, 1.82) is 0 Å². The topological polar surface area (TPSA) is 58.3 Å². The van der Waals surface area contributed by atoms with E-state index in [1.165, 1.54) is 0 Å². The van der Waals surface area contributed by atoms with E-state index in [1.54, 1.807) is 12.3 Å². The highest BCUT2D eigenvalue weighted by Gasteiger charge is 2.02. The van der Waals surface area contributed by atoms with E-state index >= 15 is 0 Å². The molecule has 1 heterocycles. The lowest BCUT2D eigenvalue weighted by molar-refractivity contribution is 0.448. The first-order chi connectivity index (χ1) is 8.15. The van der Waals surface area contributed by atoms with Crippen molar-refractivity contribution >= 4 is 15.9 Å². The third kappa shape index (κ3) is 3.31. The van der Waals surface area contributed by atoms with Crippen molar-refractivity contribution in [3.05, 3.63) is 46.1 Å². The first kappa shape index (κ1) is 12.1. The van der Waals surface area contributed by atoms with Crippen LogP contribution in [0.4, 0.5) is 0 Å². The highest BCUT2D eigenvalue weighted by Crippen LogP contribution is 2.24. The van der Waals surface area contributed by atoms with Gasteiger partial charge in [0.05, 0.1) is 17.2 Å². The molecule has 0 amide bonds. The number of benzene rings is 1. The summed E-state index contributed by atoms with van der Waals surface area (Å²) in [7, 11) is 0. The maximum atomic E-state index is 9.36. The van der Waals surface area contributed by atoms with Crippen LogP contribution in [0, 0.1) is 6.92 Å². The lowest BCUT2D eigenvalue weighted by Gasteiger charge is -2.04. The van der Waals surface area contributed by atoms with Gasteiger partial charge in [-0.15, -0.1) is 0 Å². The zero-order chi connectivity index (χ0) is 12.3. The molecule has 1 aromatic carbocycles. The van der Waals surface area contributed by atoms with Gasteiger partial charge >= 0.3 is 0 Å². The van der Waals surface area contributed by atoms with Crippen LogP contribution in [-0.4, -0.2) is 10.1 Å². The average molecular weight is 297 g/mol. The fourth-order valence-corrected chi connectivity index (χ4v) is 1.88. The molecule has 90 valence electrons. The number of aromatic nitrogens is 1. The number of phenols is 1. The number of nitrogens with zero attached hydrogens (tertiary/aromatic N) is 1. The zero-order valence-electron chi connectivity index (χ0n) is 9.40. The van der Waals surface area contributed by atoms with Gasteiger partial charge in [-0.05, 0) is 40.5 Å². The molecule has 1 aromatic heterocycles. The zero-order valence-corrected chi connectivity index (χ0v) is 11.0. The van der Waals surface area contributed by atoms with Gasteiger partial charge in [0.15, 0.2) is 0 Å². The second-order valence-electron chi connectivity index (χ2n) is 3.75. The van der Waals surface area contributed by atoms with Gasteiger partial charge in [-0.25, -0.2) is 4.98 Å². The lowest BCUT2D eigenvalue weighted by Crippen LogP contribution is -2.12. The van der Waals surface area contributed by atoms with Crippen LogP contribution in [0.25, 0.3) is 0 Å². The van der Waals surface area contributed by atoms with Crippen molar-refractivity contribution in [1.82, 2.24) is 10.3 Å². The average Bonchev–Trinajstić information content (AvgIpc) is 2.70. The van der Waals surface area contributed by atoms with E-state index in [-0.39, 0.29) is 5.75 Å². The first-order valence-corrected chi connectivity index (χ1v) is 6.04. The Morgan fingerprint density at radius 2 is 2.24 bits per heavy atom. The summed E-state index contributed by atoms with van der Waals surface area (Å²) in [6.07, 6.45) is 1.70. The normalized spacial score (nSPS) is 10.7. The molecule has 0 radical (unpaired) electrons. The number of nitrogens with one attached hydrogen (secondary N) is 1. The number of rotatable bonds is 4. The SMILES string of the molecule is Cc1cnc(CNCc2ccc(O)c(Br)c2)o1. The molecular weight excluding hydrogens is 284 g/mol. The third-order valence-corrected chi connectivity index (χ3v) is 2.92. The van der Waals surface area contributed by atoms with Crippen molar-refractivity contribution in [2.75, 3.05) is 0 Å². The molecule has 0 bridgehead atoms. The summed E-state index contributed by atoms with van der Waals surface area (Å²) < 4.78 is 6.04. The molecule has 0 aliphatic rings. The number of hydrogen-bond acceptors (Lipinski definition) is 4. The summed E-state index contributed by atoms with van der Waals surface area (Å²) >= 11 is 3.28. The first-order valence-electron chi connectivity index (χ1n) is 5.24. The number of phenolic OH excluding ortho intramolecular Hbond substituents is 1. The van der Waals surface area contributed by atoms with Crippen LogP contribution in [0.3, 0.4) is 0 Å². The molecule has 0 saturated heterocycles. The van der Waals surface area contributed by atoms with Crippen LogP contribution in [0.1, 0.15) is 17.2 Å². The van der Waals surface area contributed by atoms with Gasteiger partial charge in [-0.1, -0.05) is 6.07 Å². The molecule has 0 atom stereocenters. The van der Waals surface area contributed by atoms with Crippen molar-refractivity contribution in [3.63, 3.8) is 0 Å². The molecule has 0 fully saturated rings. The fraction of sp³-hybridized carbons (Fsp3) is 0.250. The number of hydrogen-bond donors (Lipinski definition) is 2. The molecule has 0 unspecified atom stereocenters. The minimum Gasteiger partial charge on any atom is -0.507 e. The molecule has 2 rings (SSSR count). The number of aromatic hydroxyl groups is 1. The number of aryl methyl sites for hydroxylation is 1. The van der Waals surface area contributed by atoms with Gasteiger partial charge < -0.3 is 14.8 Å². The standard InChI is InChI=1S/C12H13BrN2O2/c1-8-5-15-12(17-8)7-14-6-9-2-3-11(16)10(13)4-9/h2-5,14,16H,6-7H2,1H3. The van der Waals surface area contributed by atoms with Crippen LogP contribution in [0.15, 0.2) is 33.3 Å². The maximum absolute atomic E-state index is 9.36. The largest absolute Gasteiger partial charge is 0.507 e. The molecular formula is C12H13BrN2O2. The highest BCUT2D eigenvalue weighted by atomic mass is 79.9. The lowest BCUT2D eigenvalue weighted by atomic mass is 10.2. The Morgan fingerprint density at radius 3 is 2.88 bits per heavy atom. The molecule has 4 nitrogen and oxygen atoms in total. The minimum absolute atomic E-state index is 0.247. The molecule has 5 heteroatoms. The summed E-state index contributed by atoms with van der Waals surface area (Å²) in [6, 6.07) is 5.41. The van der Waals surface area contributed by atoms with E-state index in [4.69, 9.17) is 4.42 Å². The predicted molar refractivity (Wildman–Crippen MR) is 67.6 cm³/mol. The third-order valence-electron chi connectivity index (χ3n) is 2.29. The van der Waals surface area contributed by atoms with Crippen LogP contribution < -0.4 is 5.32 Å². The summed E-state index contributed by atoms with van der Waals surface area (Å²) in [5.74, 6) is 1.74. The second kappa shape index (κ2) is 5.33. The van der Waals surface area contributed by atoms with Crippen LogP contribution in [0.2, 0.25) is 0 Å². The van der Waals surface area contributed by atoms with E-state index in [0.29, 0.717) is 23.5 Å². The van der Waals surface area contributed by atoms with Crippen molar-refractivity contribution < 1.29 is 9.52 Å². The van der Waals surface area contributed by atoms with Crippen molar-refractivity contribution in [2.45, 2.75) is 20.0 Å². The number of halogens is 1. The predicted octanol–water partition coefficient (Wildman–Crippen LogP) is 2.74. The Morgan fingerprint density at radius 1 is 1.41 bits per heavy atom. The van der Waals surface area contributed by atoms with E-state index < -0.39 is 0 Å². The maximum Gasteiger partial charge on any atom is 0.208 e. The molecule has 17 heavy (non-hydrogen) atoms. The van der Waals surface area contributed by atoms with E-state index in [2.05, 4.69) is 26.2 Å². The molecule has 2 N–H and O–H groups in total. The van der Waals surface area contributed by atoms with Gasteiger partial charge in [0, 0.05) is 6.54 Å². The Hall–Kier alpha value is -1.33. The fourth-order valence-electron chi connectivity index (χ4n) is 1.46. The van der Waals surface area contributed by atoms with Crippen molar-refractivity contribution in [2.24, 2.45) is 0 Å². The van der Waals surface area contributed by atoms with Crippen LogP contribution in [-0.2, 0) is 13.1 Å². The Labute approximate surface area is 108 Å². The quantitative estimate of drug-likeness (QED) is 0.911. The molecule has 0 spiro atoms.